The van der Waals surface area contributed by atoms with E-state index in [2.05, 4.69) is 0 Å². The van der Waals surface area contributed by atoms with Gasteiger partial charge in [0.25, 0.3) is 5.69 Å². The normalized spacial score (nSPS) is 15.9. The zero-order valence-corrected chi connectivity index (χ0v) is 10.6. The van der Waals surface area contributed by atoms with Crippen LogP contribution in [0.3, 0.4) is 0 Å². The first-order valence-corrected chi connectivity index (χ1v) is 6.00. The first-order valence-electron chi connectivity index (χ1n) is 6.00. The zero-order valence-electron chi connectivity index (χ0n) is 10.6. The van der Waals surface area contributed by atoms with E-state index in [9.17, 15) is 18.9 Å². The van der Waals surface area contributed by atoms with Crippen LogP contribution in [0.2, 0.25) is 0 Å². The molecule has 20 heavy (non-hydrogen) atoms. The summed E-state index contributed by atoms with van der Waals surface area (Å²) < 4.78 is 27.7. The Bertz CT molecular complexity index is 542. The van der Waals surface area contributed by atoms with Crippen molar-refractivity contribution in [1.29, 1.82) is 5.26 Å². The van der Waals surface area contributed by atoms with E-state index < -0.39 is 22.2 Å². The number of benzene rings is 1. The lowest BCUT2D eigenvalue weighted by atomic mass is 10.2. The maximum Gasteiger partial charge on any atom is 0.275 e. The number of piperazine rings is 1. The minimum atomic E-state index is -0.939. The third-order valence-corrected chi connectivity index (χ3v) is 3.20. The van der Waals surface area contributed by atoms with Crippen LogP contribution in [0.15, 0.2) is 12.1 Å². The summed E-state index contributed by atoms with van der Waals surface area (Å²) in [6.45, 7) is 2.05. The fourth-order valence-corrected chi connectivity index (χ4v) is 2.19. The minimum absolute atomic E-state index is 0.243. The summed E-state index contributed by atoms with van der Waals surface area (Å²) in [5, 5.41) is 19.1. The van der Waals surface area contributed by atoms with Gasteiger partial charge in [-0.05, 0) is 0 Å². The van der Waals surface area contributed by atoms with E-state index in [1.54, 1.807) is 0 Å². The highest BCUT2D eigenvalue weighted by Gasteiger charge is 2.24. The van der Waals surface area contributed by atoms with Gasteiger partial charge in [0.2, 0.25) is 0 Å². The second-order valence-corrected chi connectivity index (χ2v) is 4.44. The summed E-state index contributed by atoms with van der Waals surface area (Å²) in [6.07, 6.45) is 0. The van der Waals surface area contributed by atoms with Crippen LogP contribution in [0.1, 0.15) is 0 Å². The Hall–Kier alpha value is -2.27. The van der Waals surface area contributed by atoms with Crippen molar-refractivity contribution in [3.63, 3.8) is 0 Å². The summed E-state index contributed by atoms with van der Waals surface area (Å²) in [4.78, 5) is 13.1. The number of nitro benzene ring substituents is 1. The number of nitrogens with zero attached hydrogens (tertiary/aromatic N) is 4. The van der Waals surface area contributed by atoms with Gasteiger partial charge < -0.3 is 4.90 Å². The largest absolute Gasteiger partial charge is 0.364 e. The lowest BCUT2D eigenvalue weighted by Crippen LogP contribution is -2.47. The number of nitro groups is 1. The molecule has 0 unspecified atom stereocenters. The molecule has 0 saturated carbocycles. The molecule has 1 saturated heterocycles. The second kappa shape index (κ2) is 5.79. The molecule has 8 heteroatoms. The summed E-state index contributed by atoms with van der Waals surface area (Å²) in [6, 6.07) is 3.46. The molecular formula is C12H12F2N4O2. The van der Waals surface area contributed by atoms with E-state index in [1.807, 2.05) is 11.0 Å². The van der Waals surface area contributed by atoms with Crippen molar-refractivity contribution in [3.05, 3.63) is 33.9 Å². The van der Waals surface area contributed by atoms with Crippen molar-refractivity contribution in [3.8, 4) is 6.07 Å². The summed E-state index contributed by atoms with van der Waals surface area (Å²) in [5.74, 6) is -1.88. The molecule has 0 bridgehead atoms. The minimum Gasteiger partial charge on any atom is -0.364 e. The van der Waals surface area contributed by atoms with Gasteiger partial charge in [-0.1, -0.05) is 0 Å². The van der Waals surface area contributed by atoms with Crippen LogP contribution in [0.4, 0.5) is 20.2 Å². The molecule has 1 aromatic rings. The van der Waals surface area contributed by atoms with E-state index in [4.69, 9.17) is 5.26 Å². The lowest BCUT2D eigenvalue weighted by Gasteiger charge is -2.35. The Morgan fingerprint density at radius 1 is 1.25 bits per heavy atom. The number of nitriles is 1. The number of rotatable bonds is 3. The average molecular weight is 282 g/mol. The lowest BCUT2D eigenvalue weighted by molar-refractivity contribution is -0.385. The molecule has 0 radical (unpaired) electrons. The van der Waals surface area contributed by atoms with E-state index in [-0.39, 0.29) is 12.2 Å². The summed E-state index contributed by atoms with van der Waals surface area (Å²) in [7, 11) is 0. The third kappa shape index (κ3) is 2.83. The molecule has 1 fully saturated rings. The number of hydrogen-bond acceptors (Lipinski definition) is 5. The molecule has 2 rings (SSSR count). The first kappa shape index (κ1) is 14.1. The monoisotopic (exact) mass is 282 g/mol. The number of anilines is 1. The summed E-state index contributed by atoms with van der Waals surface area (Å²) in [5.41, 5.74) is -0.848. The predicted octanol–water partition coefficient (Wildman–Crippen LogP) is 1.52. The van der Waals surface area contributed by atoms with E-state index >= 15 is 0 Å². The van der Waals surface area contributed by atoms with E-state index in [0.29, 0.717) is 26.2 Å². The molecule has 0 aromatic heterocycles. The van der Waals surface area contributed by atoms with Crippen molar-refractivity contribution in [2.75, 3.05) is 37.6 Å². The molecule has 1 aliphatic rings. The van der Waals surface area contributed by atoms with Crippen molar-refractivity contribution in [2.45, 2.75) is 0 Å². The quantitative estimate of drug-likeness (QED) is 0.477. The van der Waals surface area contributed by atoms with Gasteiger partial charge in [0.05, 0.1) is 29.7 Å². The highest BCUT2D eigenvalue weighted by molar-refractivity contribution is 5.54. The van der Waals surface area contributed by atoms with Gasteiger partial charge in [0.15, 0.2) is 11.6 Å². The maximum absolute atomic E-state index is 13.8. The van der Waals surface area contributed by atoms with Gasteiger partial charge in [-0.3, -0.25) is 15.0 Å². The Morgan fingerprint density at radius 2 is 1.80 bits per heavy atom. The van der Waals surface area contributed by atoms with Crippen LogP contribution in [0.5, 0.6) is 0 Å². The SMILES string of the molecule is N#CCN1CCN(c2c(F)cc([N+](=O)[O-])cc2F)CC1. The zero-order chi connectivity index (χ0) is 14.7. The van der Waals surface area contributed by atoms with Crippen LogP contribution in [-0.4, -0.2) is 42.5 Å². The molecule has 0 amide bonds. The Morgan fingerprint density at radius 3 is 2.25 bits per heavy atom. The molecule has 1 aliphatic heterocycles. The van der Waals surface area contributed by atoms with Crippen LogP contribution >= 0.6 is 0 Å². The molecule has 1 aromatic carbocycles. The van der Waals surface area contributed by atoms with Gasteiger partial charge in [-0.15, -0.1) is 0 Å². The second-order valence-electron chi connectivity index (χ2n) is 4.44. The van der Waals surface area contributed by atoms with Gasteiger partial charge in [-0.2, -0.15) is 5.26 Å². The van der Waals surface area contributed by atoms with Crippen LogP contribution in [0.25, 0.3) is 0 Å². The van der Waals surface area contributed by atoms with Crippen LogP contribution in [0, 0.1) is 33.1 Å². The molecule has 0 N–H and O–H groups in total. The molecular weight excluding hydrogens is 270 g/mol. The van der Waals surface area contributed by atoms with Crippen LogP contribution in [-0.2, 0) is 0 Å². The molecule has 1 heterocycles. The Labute approximate surface area is 114 Å². The van der Waals surface area contributed by atoms with E-state index in [1.165, 1.54) is 4.90 Å². The number of non-ortho nitro benzene ring substituents is 1. The molecule has 0 aliphatic carbocycles. The van der Waals surface area contributed by atoms with Gasteiger partial charge in [0, 0.05) is 26.2 Å². The molecule has 106 valence electrons. The Kier molecular flexibility index (Phi) is 4.10. The molecule has 6 nitrogen and oxygen atoms in total. The summed E-state index contributed by atoms with van der Waals surface area (Å²) >= 11 is 0. The topological polar surface area (TPSA) is 73.4 Å². The van der Waals surface area contributed by atoms with Crippen LogP contribution < -0.4 is 4.90 Å². The maximum atomic E-state index is 13.8. The van der Waals surface area contributed by atoms with Gasteiger partial charge >= 0.3 is 0 Å². The molecule has 0 atom stereocenters. The smallest absolute Gasteiger partial charge is 0.275 e. The highest BCUT2D eigenvalue weighted by atomic mass is 19.1. The number of hydrogen-bond donors (Lipinski definition) is 0. The van der Waals surface area contributed by atoms with Crippen molar-refractivity contribution >= 4 is 11.4 Å². The Balaban J connectivity index is 2.18. The van der Waals surface area contributed by atoms with Crippen molar-refractivity contribution in [1.82, 2.24) is 4.90 Å². The standard InChI is InChI=1S/C12H12F2N4O2/c13-10-7-9(18(19)20)8-11(14)12(10)17-5-3-16(2-1-15)4-6-17/h7-8H,2-6H2. The predicted molar refractivity (Wildman–Crippen MR) is 67.3 cm³/mol. The fourth-order valence-electron chi connectivity index (χ4n) is 2.19. The third-order valence-electron chi connectivity index (χ3n) is 3.20. The molecule has 0 spiro atoms. The average Bonchev–Trinajstić information content (AvgIpc) is 2.40. The highest BCUT2D eigenvalue weighted by Crippen LogP contribution is 2.28. The van der Waals surface area contributed by atoms with Crippen molar-refractivity contribution in [2.24, 2.45) is 0 Å². The van der Waals surface area contributed by atoms with Gasteiger partial charge in [0.1, 0.15) is 5.69 Å². The number of halogens is 2. The first-order chi connectivity index (χ1) is 9.52. The van der Waals surface area contributed by atoms with Gasteiger partial charge in [-0.25, -0.2) is 8.78 Å². The van der Waals surface area contributed by atoms with Crippen molar-refractivity contribution < 1.29 is 13.7 Å². The fraction of sp³-hybridized carbons (Fsp3) is 0.417. The van der Waals surface area contributed by atoms with E-state index in [0.717, 1.165) is 12.1 Å².